The quantitative estimate of drug-likeness (QED) is 0.356. The molecule has 2 aliphatic heterocycles. The van der Waals surface area contributed by atoms with Gasteiger partial charge in [0, 0.05) is 39.1 Å². The third-order valence-electron chi connectivity index (χ3n) is 3.54. The highest BCUT2D eigenvalue weighted by Crippen LogP contribution is 2.10. The van der Waals surface area contributed by atoms with Crippen LogP contribution in [0, 0.1) is 0 Å². The van der Waals surface area contributed by atoms with Crippen LogP contribution in [0.3, 0.4) is 0 Å². The molecule has 2 rings (SSSR count). The molecule has 0 spiro atoms. The van der Waals surface area contributed by atoms with Crippen molar-refractivity contribution in [1.29, 1.82) is 0 Å². The fraction of sp³-hybridized carbons (Fsp3) is 0.727. The van der Waals surface area contributed by atoms with E-state index >= 15 is 0 Å². The molecule has 8 nitrogen and oxygen atoms in total. The van der Waals surface area contributed by atoms with Crippen LogP contribution < -0.4 is 11.3 Å². The molecule has 106 valence electrons. The van der Waals surface area contributed by atoms with Crippen LogP contribution in [0.25, 0.3) is 0 Å². The first-order valence-electron chi connectivity index (χ1n) is 6.43. The number of likely N-dealkylation sites (tertiary alicyclic amines) is 1. The summed E-state index contributed by atoms with van der Waals surface area (Å²) < 4.78 is 0. The fourth-order valence-electron chi connectivity index (χ4n) is 2.38. The van der Waals surface area contributed by atoms with Crippen molar-refractivity contribution in [2.45, 2.75) is 12.8 Å². The molecular formula is C11H19N5O3. The molecule has 0 atom stereocenters. The fourth-order valence-corrected chi connectivity index (χ4v) is 2.38. The van der Waals surface area contributed by atoms with Crippen LogP contribution in [-0.4, -0.2) is 71.8 Å². The Morgan fingerprint density at radius 3 is 2.26 bits per heavy atom. The minimum absolute atomic E-state index is 0.0505. The molecule has 2 saturated heterocycles. The van der Waals surface area contributed by atoms with Crippen molar-refractivity contribution in [3.8, 4) is 0 Å². The van der Waals surface area contributed by atoms with Crippen LogP contribution in [0.1, 0.15) is 12.8 Å². The predicted octanol–water partition coefficient (Wildman–Crippen LogP) is -1.66. The summed E-state index contributed by atoms with van der Waals surface area (Å²) in [6, 6.07) is -0.332. The van der Waals surface area contributed by atoms with Crippen LogP contribution in [0.2, 0.25) is 0 Å². The minimum Gasteiger partial charge on any atom is -0.338 e. The Morgan fingerprint density at radius 1 is 1.11 bits per heavy atom. The van der Waals surface area contributed by atoms with Gasteiger partial charge in [-0.05, 0) is 6.42 Å². The Labute approximate surface area is 111 Å². The molecular weight excluding hydrogens is 250 g/mol. The highest BCUT2D eigenvalue weighted by atomic mass is 16.2. The first kappa shape index (κ1) is 13.6. The van der Waals surface area contributed by atoms with Gasteiger partial charge >= 0.3 is 6.03 Å². The highest BCUT2D eigenvalue weighted by molar-refractivity contribution is 5.86. The third kappa shape index (κ3) is 3.14. The number of hydrazine groups is 1. The summed E-state index contributed by atoms with van der Waals surface area (Å²) in [6.45, 7) is 2.70. The second-order valence-electron chi connectivity index (χ2n) is 4.74. The number of amides is 4. The second kappa shape index (κ2) is 5.87. The first-order valence-corrected chi connectivity index (χ1v) is 6.43. The number of piperazine rings is 1. The number of nitrogens with two attached hydrogens (primary N) is 1. The van der Waals surface area contributed by atoms with Crippen LogP contribution in [0.15, 0.2) is 0 Å². The predicted molar refractivity (Wildman–Crippen MR) is 66.7 cm³/mol. The van der Waals surface area contributed by atoms with Gasteiger partial charge in [0.25, 0.3) is 0 Å². The van der Waals surface area contributed by atoms with E-state index < -0.39 is 0 Å². The van der Waals surface area contributed by atoms with Crippen molar-refractivity contribution in [3.05, 3.63) is 0 Å². The number of nitrogens with one attached hydrogen (secondary N) is 1. The molecule has 2 fully saturated rings. The Morgan fingerprint density at radius 2 is 1.74 bits per heavy atom. The van der Waals surface area contributed by atoms with E-state index in [1.54, 1.807) is 14.7 Å². The maximum atomic E-state index is 12.0. The lowest BCUT2D eigenvalue weighted by Crippen LogP contribution is -2.55. The summed E-state index contributed by atoms with van der Waals surface area (Å²) in [4.78, 5) is 39.6. The standard InChI is InChI=1S/C11H19N5O3/c12-13-11(19)15-6-4-14(5-7-15)10(18)8-16-3-1-2-9(16)17/h1-8,12H2,(H,13,19). The molecule has 0 aromatic heterocycles. The molecule has 19 heavy (non-hydrogen) atoms. The topological polar surface area (TPSA) is 99.0 Å². The van der Waals surface area contributed by atoms with Gasteiger partial charge in [-0.1, -0.05) is 0 Å². The molecule has 0 aromatic rings. The van der Waals surface area contributed by atoms with Gasteiger partial charge in [0.15, 0.2) is 0 Å². The van der Waals surface area contributed by atoms with Gasteiger partial charge in [0.1, 0.15) is 0 Å². The smallest absolute Gasteiger partial charge is 0.331 e. The summed E-state index contributed by atoms with van der Waals surface area (Å²) in [7, 11) is 0. The van der Waals surface area contributed by atoms with Crippen molar-refractivity contribution < 1.29 is 14.4 Å². The maximum absolute atomic E-state index is 12.0. The zero-order valence-electron chi connectivity index (χ0n) is 10.8. The average Bonchev–Trinajstić information content (AvgIpc) is 2.83. The Balaban J connectivity index is 1.79. The molecule has 0 saturated carbocycles. The lowest BCUT2D eigenvalue weighted by Gasteiger charge is -2.35. The summed E-state index contributed by atoms with van der Waals surface area (Å²) >= 11 is 0. The molecule has 4 amide bonds. The van der Waals surface area contributed by atoms with Gasteiger partial charge in [-0.3, -0.25) is 15.0 Å². The van der Waals surface area contributed by atoms with Gasteiger partial charge in [-0.15, -0.1) is 0 Å². The van der Waals surface area contributed by atoms with Gasteiger partial charge in [-0.2, -0.15) is 0 Å². The summed E-state index contributed by atoms with van der Waals surface area (Å²) in [5, 5.41) is 0. The lowest BCUT2D eigenvalue weighted by molar-refractivity contribution is -0.139. The Kier molecular flexibility index (Phi) is 4.20. The molecule has 0 aliphatic carbocycles. The number of carbonyl (C=O) groups excluding carboxylic acids is 3. The molecule has 0 bridgehead atoms. The van der Waals surface area contributed by atoms with Crippen molar-refractivity contribution in [1.82, 2.24) is 20.1 Å². The second-order valence-corrected chi connectivity index (χ2v) is 4.74. The van der Waals surface area contributed by atoms with E-state index in [2.05, 4.69) is 5.43 Å². The largest absolute Gasteiger partial charge is 0.338 e. The van der Waals surface area contributed by atoms with Crippen LogP contribution >= 0.6 is 0 Å². The van der Waals surface area contributed by atoms with Crippen molar-refractivity contribution >= 4 is 17.8 Å². The normalized spacial score (nSPS) is 19.8. The lowest BCUT2D eigenvalue weighted by atomic mass is 10.3. The zero-order valence-corrected chi connectivity index (χ0v) is 10.8. The van der Waals surface area contributed by atoms with Crippen molar-refractivity contribution in [3.63, 3.8) is 0 Å². The Bertz CT molecular complexity index is 379. The van der Waals surface area contributed by atoms with Crippen LogP contribution in [-0.2, 0) is 9.59 Å². The van der Waals surface area contributed by atoms with Gasteiger partial charge in [-0.25, -0.2) is 10.6 Å². The molecule has 0 unspecified atom stereocenters. The highest BCUT2D eigenvalue weighted by Gasteiger charge is 2.27. The van der Waals surface area contributed by atoms with E-state index in [9.17, 15) is 14.4 Å². The SMILES string of the molecule is NNC(=O)N1CCN(C(=O)CN2CCCC2=O)CC1. The number of hydrogen-bond donors (Lipinski definition) is 2. The number of nitrogens with zero attached hydrogens (tertiary/aromatic N) is 3. The summed E-state index contributed by atoms with van der Waals surface area (Å²) in [5.74, 6) is 5.05. The van der Waals surface area contributed by atoms with E-state index in [-0.39, 0.29) is 24.4 Å². The number of hydrogen-bond acceptors (Lipinski definition) is 4. The van der Waals surface area contributed by atoms with E-state index in [1.165, 1.54) is 0 Å². The van der Waals surface area contributed by atoms with E-state index in [0.29, 0.717) is 39.1 Å². The molecule has 8 heteroatoms. The van der Waals surface area contributed by atoms with Crippen LogP contribution in [0.5, 0.6) is 0 Å². The number of rotatable bonds is 2. The summed E-state index contributed by atoms with van der Waals surface area (Å²) in [6.07, 6.45) is 1.37. The monoisotopic (exact) mass is 269 g/mol. The first-order chi connectivity index (χ1) is 9.11. The zero-order chi connectivity index (χ0) is 13.8. The summed E-state index contributed by atoms with van der Waals surface area (Å²) in [5.41, 5.74) is 2.07. The molecule has 0 radical (unpaired) electrons. The maximum Gasteiger partial charge on any atom is 0.331 e. The van der Waals surface area contributed by atoms with E-state index in [0.717, 1.165) is 6.42 Å². The number of urea groups is 1. The van der Waals surface area contributed by atoms with E-state index in [4.69, 9.17) is 5.84 Å². The molecule has 2 heterocycles. The van der Waals surface area contributed by atoms with Crippen molar-refractivity contribution in [2.24, 2.45) is 5.84 Å². The minimum atomic E-state index is -0.332. The molecule has 0 aromatic carbocycles. The van der Waals surface area contributed by atoms with Crippen LogP contribution in [0.4, 0.5) is 4.79 Å². The third-order valence-corrected chi connectivity index (χ3v) is 3.54. The van der Waals surface area contributed by atoms with Crippen molar-refractivity contribution in [2.75, 3.05) is 39.3 Å². The molecule has 2 aliphatic rings. The Hall–Kier alpha value is -1.83. The van der Waals surface area contributed by atoms with Gasteiger partial charge < -0.3 is 14.7 Å². The van der Waals surface area contributed by atoms with Gasteiger partial charge in [0.05, 0.1) is 6.54 Å². The van der Waals surface area contributed by atoms with E-state index in [1.807, 2.05) is 0 Å². The molecule has 3 N–H and O–H groups in total. The number of carbonyl (C=O) groups is 3. The van der Waals surface area contributed by atoms with Gasteiger partial charge in [0.2, 0.25) is 11.8 Å². The average molecular weight is 269 g/mol.